The van der Waals surface area contributed by atoms with Gasteiger partial charge in [-0.1, -0.05) is 28.8 Å². The summed E-state index contributed by atoms with van der Waals surface area (Å²) in [6, 6.07) is 7.64. The molecule has 1 spiro atoms. The number of quaternary nitrogens is 1. The Morgan fingerprint density at radius 1 is 1.30 bits per heavy atom. The summed E-state index contributed by atoms with van der Waals surface area (Å²) in [4.78, 5) is 14.4. The molecule has 0 saturated carbocycles. The van der Waals surface area contributed by atoms with Gasteiger partial charge < -0.3 is 0 Å². The van der Waals surface area contributed by atoms with E-state index in [4.69, 9.17) is 11.6 Å². The number of hydrogen-bond acceptors (Lipinski definition) is 3. The zero-order chi connectivity index (χ0) is 14.2. The molecule has 106 valence electrons. The Balaban J connectivity index is 1.75. The van der Waals surface area contributed by atoms with Crippen molar-refractivity contribution in [3.63, 3.8) is 0 Å². The summed E-state index contributed by atoms with van der Waals surface area (Å²) in [5, 5.41) is 8.29. The van der Waals surface area contributed by atoms with Crippen LogP contribution >= 0.6 is 11.6 Å². The molecule has 0 aliphatic carbocycles. The quantitative estimate of drug-likeness (QED) is 0.843. The topological polar surface area (TPSA) is 44.7 Å². The van der Waals surface area contributed by atoms with Crippen LogP contribution in [0.1, 0.15) is 5.56 Å². The van der Waals surface area contributed by atoms with Crippen molar-refractivity contribution in [3.8, 4) is 0 Å². The van der Waals surface area contributed by atoms with Crippen molar-refractivity contribution in [1.82, 2.24) is 10.2 Å². The van der Waals surface area contributed by atoms with Crippen molar-refractivity contribution in [2.45, 2.75) is 6.42 Å². The third-order valence-electron chi connectivity index (χ3n) is 3.93. The molecule has 2 heterocycles. The van der Waals surface area contributed by atoms with Crippen molar-refractivity contribution in [2.24, 2.45) is 5.10 Å². The Labute approximate surface area is 123 Å². The highest BCUT2D eigenvalue weighted by Gasteiger charge is 2.46. The van der Waals surface area contributed by atoms with Gasteiger partial charge in [0.1, 0.15) is 13.1 Å². The van der Waals surface area contributed by atoms with Crippen LogP contribution in [-0.4, -0.2) is 54.6 Å². The molecule has 0 unspecified atom stereocenters. The maximum Gasteiger partial charge on any atom is 0.448 e. The number of carbonyl (C=O) groups is 1. The fraction of sp³-hybridized carbons (Fsp3) is 0.429. The van der Waals surface area contributed by atoms with E-state index in [1.165, 1.54) is 0 Å². The zero-order valence-corrected chi connectivity index (χ0v) is 12.2. The summed E-state index contributed by atoms with van der Waals surface area (Å²) in [5.41, 5.74) is 1.10. The van der Waals surface area contributed by atoms with Gasteiger partial charge >= 0.3 is 6.03 Å². The van der Waals surface area contributed by atoms with E-state index >= 15 is 0 Å². The Kier molecular flexibility index (Phi) is 3.50. The minimum Gasteiger partial charge on any atom is -0.295 e. The highest BCUT2D eigenvalue weighted by atomic mass is 35.5. The molecule has 2 aliphatic rings. The van der Waals surface area contributed by atoms with Crippen LogP contribution in [0.5, 0.6) is 0 Å². The maximum atomic E-state index is 12.2. The minimum absolute atomic E-state index is 0.00191. The summed E-state index contributed by atoms with van der Waals surface area (Å²) >= 11 is 5.87. The Morgan fingerprint density at radius 3 is 2.60 bits per heavy atom. The van der Waals surface area contributed by atoms with Gasteiger partial charge in [-0.2, -0.15) is 0 Å². The van der Waals surface area contributed by atoms with E-state index in [1.54, 1.807) is 0 Å². The van der Waals surface area contributed by atoms with E-state index in [1.807, 2.05) is 24.3 Å². The van der Waals surface area contributed by atoms with Crippen LogP contribution in [0.15, 0.2) is 29.4 Å². The van der Waals surface area contributed by atoms with Crippen LogP contribution in [0.4, 0.5) is 4.79 Å². The van der Waals surface area contributed by atoms with Crippen LogP contribution in [0, 0.1) is 0 Å². The second-order valence-corrected chi connectivity index (χ2v) is 5.89. The van der Waals surface area contributed by atoms with Gasteiger partial charge in [0, 0.05) is 11.4 Å². The number of piperazine rings is 1. The van der Waals surface area contributed by atoms with Gasteiger partial charge in [0.25, 0.3) is 0 Å². The molecule has 20 heavy (non-hydrogen) atoms. The Morgan fingerprint density at radius 2 is 1.95 bits per heavy atom. The lowest BCUT2D eigenvalue weighted by Gasteiger charge is -2.32. The number of nitrogens with one attached hydrogen (secondary N) is 1. The lowest BCUT2D eigenvalue weighted by atomic mass is 10.1. The van der Waals surface area contributed by atoms with Gasteiger partial charge in [-0.05, 0) is 24.7 Å². The Bertz CT molecular complexity index is 547. The molecule has 1 fully saturated rings. The summed E-state index contributed by atoms with van der Waals surface area (Å²) in [6.45, 7) is 3.27. The molecule has 1 N–H and O–H groups in total. The maximum absolute atomic E-state index is 12.2. The first kappa shape index (κ1) is 13.5. The number of rotatable bonds is 2. The molecule has 2 amide bonds. The smallest absolute Gasteiger partial charge is 0.295 e. The number of amidine groups is 1. The normalized spacial score (nSPS) is 21.9. The Hall–Kier alpha value is -1.43. The largest absolute Gasteiger partial charge is 0.448 e. The fourth-order valence-corrected chi connectivity index (χ4v) is 2.73. The second-order valence-electron chi connectivity index (χ2n) is 5.45. The summed E-state index contributed by atoms with van der Waals surface area (Å²) in [5.74, 6) is 0.752. The van der Waals surface area contributed by atoms with E-state index < -0.39 is 0 Å². The molecule has 0 atom stereocenters. The molecule has 0 aromatic heterocycles. The standard InChI is InChI=1S/C14H17ClN4O/c1-18-6-8-19(9-7-18)14(20)16-13(17-19)10-11-2-4-12(15)5-3-11/h2-5H,6-10H2,1H3/p+1. The molecule has 3 rings (SSSR count). The van der Waals surface area contributed by atoms with E-state index in [2.05, 4.69) is 22.4 Å². The number of amides is 2. The average molecular weight is 294 g/mol. The van der Waals surface area contributed by atoms with Crippen molar-refractivity contribution >= 4 is 23.5 Å². The van der Waals surface area contributed by atoms with Crippen molar-refractivity contribution in [1.29, 1.82) is 0 Å². The molecule has 6 heteroatoms. The van der Waals surface area contributed by atoms with Gasteiger partial charge in [0.2, 0.25) is 0 Å². The lowest BCUT2D eigenvalue weighted by Crippen LogP contribution is -2.58. The molecule has 1 aromatic rings. The summed E-state index contributed by atoms with van der Waals surface area (Å²) in [6.07, 6.45) is 0.638. The average Bonchev–Trinajstić information content (AvgIpc) is 2.72. The van der Waals surface area contributed by atoms with Crippen LogP contribution in [0.2, 0.25) is 5.02 Å². The molecule has 2 aliphatic heterocycles. The summed E-state index contributed by atoms with van der Waals surface area (Å²) in [7, 11) is 2.07. The van der Waals surface area contributed by atoms with Crippen molar-refractivity contribution in [3.05, 3.63) is 34.9 Å². The number of nitrogens with zero attached hydrogens (tertiary/aromatic N) is 3. The van der Waals surface area contributed by atoms with Gasteiger partial charge in [-0.15, -0.1) is 4.59 Å². The molecule has 1 saturated heterocycles. The second kappa shape index (κ2) is 5.16. The molecule has 0 bridgehead atoms. The van der Waals surface area contributed by atoms with Gasteiger partial charge in [0.05, 0.1) is 13.1 Å². The fourth-order valence-electron chi connectivity index (χ4n) is 2.60. The number of carbonyl (C=O) groups excluding carboxylic acids is 1. The van der Waals surface area contributed by atoms with Crippen molar-refractivity contribution in [2.75, 3.05) is 33.2 Å². The van der Waals surface area contributed by atoms with Crippen LogP contribution in [0.3, 0.4) is 0 Å². The predicted octanol–water partition coefficient (Wildman–Crippen LogP) is 1.68. The zero-order valence-electron chi connectivity index (χ0n) is 11.5. The SMILES string of the molecule is CN1CC[N+]2(CC1)N=C(Cc1ccc(Cl)cc1)NC2=O. The first-order valence-corrected chi connectivity index (χ1v) is 7.16. The predicted molar refractivity (Wildman–Crippen MR) is 78.6 cm³/mol. The molecular weight excluding hydrogens is 276 g/mol. The highest BCUT2D eigenvalue weighted by Crippen LogP contribution is 2.20. The number of benzene rings is 1. The van der Waals surface area contributed by atoms with E-state index in [-0.39, 0.29) is 10.6 Å². The van der Waals surface area contributed by atoms with Crippen molar-refractivity contribution < 1.29 is 9.39 Å². The lowest BCUT2D eigenvalue weighted by molar-refractivity contribution is -0.857. The third-order valence-corrected chi connectivity index (χ3v) is 4.18. The minimum atomic E-state index is 0.00191. The molecule has 0 radical (unpaired) electrons. The highest BCUT2D eigenvalue weighted by molar-refractivity contribution is 6.30. The van der Waals surface area contributed by atoms with Crippen LogP contribution in [-0.2, 0) is 6.42 Å². The van der Waals surface area contributed by atoms with E-state index in [0.29, 0.717) is 11.4 Å². The molecule has 5 nitrogen and oxygen atoms in total. The number of likely N-dealkylation sites (N-methyl/N-ethyl adjacent to an activating group) is 1. The first-order chi connectivity index (χ1) is 9.57. The third kappa shape index (κ3) is 2.57. The van der Waals surface area contributed by atoms with E-state index in [9.17, 15) is 4.79 Å². The number of halogens is 1. The molecular formula is C14H18ClN4O+. The van der Waals surface area contributed by atoms with Gasteiger partial charge in [-0.3, -0.25) is 10.2 Å². The van der Waals surface area contributed by atoms with Gasteiger partial charge in [-0.25, -0.2) is 4.79 Å². The number of hydrogen-bond donors (Lipinski definition) is 1. The van der Waals surface area contributed by atoms with Crippen LogP contribution in [0.25, 0.3) is 0 Å². The molecule has 1 aromatic carbocycles. The van der Waals surface area contributed by atoms with Gasteiger partial charge in [0.15, 0.2) is 5.84 Å². The number of urea groups is 1. The van der Waals surface area contributed by atoms with E-state index in [0.717, 1.165) is 37.6 Å². The summed E-state index contributed by atoms with van der Waals surface area (Å²) < 4.78 is 0.202. The first-order valence-electron chi connectivity index (χ1n) is 6.78. The monoisotopic (exact) mass is 293 g/mol. The van der Waals surface area contributed by atoms with Crippen LogP contribution < -0.4 is 5.32 Å².